The van der Waals surface area contributed by atoms with Gasteiger partial charge in [0.1, 0.15) is 0 Å². The molecule has 98 valence electrons. The highest BCUT2D eigenvalue weighted by Crippen LogP contribution is 2.39. The molecule has 2 aliphatic rings. The first-order chi connectivity index (χ1) is 8.33. The Bertz CT molecular complexity index is 372. The van der Waals surface area contributed by atoms with Crippen LogP contribution in [-0.4, -0.2) is 17.7 Å². The monoisotopic (exact) mass is 246 g/mol. The van der Waals surface area contributed by atoms with E-state index in [1.807, 2.05) is 36.4 Å². The number of rotatable bonds is 2. The van der Waals surface area contributed by atoms with Crippen molar-refractivity contribution in [3.63, 3.8) is 0 Å². The third kappa shape index (κ3) is 4.13. The normalized spacial score (nSPS) is 27.7. The lowest BCUT2D eigenvalue weighted by Gasteiger charge is -2.12. The molecule has 1 aromatic carbocycles. The fourth-order valence-corrected chi connectivity index (χ4v) is 2.24. The minimum atomic E-state index is 0. The number of fused-ring (bicyclic) bond motifs is 1. The smallest absolute Gasteiger partial charge is 0.0847 e. The Balaban J connectivity index is 0.000000172. The maximum Gasteiger partial charge on any atom is 0.0847 e. The summed E-state index contributed by atoms with van der Waals surface area (Å²) in [7, 11) is 0. The molecule has 1 aromatic rings. The summed E-state index contributed by atoms with van der Waals surface area (Å²) in [5.74, 6) is 0.744. The number of ether oxygens (including phenoxy) is 1. The molecular weight excluding hydrogens is 224 g/mol. The predicted octanol–water partition coefficient (Wildman–Crippen LogP) is 3.24. The summed E-state index contributed by atoms with van der Waals surface area (Å²) in [6, 6.07) is 10.0. The highest BCUT2D eigenvalue weighted by Gasteiger charge is 2.42. The third-order valence-corrected chi connectivity index (χ3v) is 3.41. The molecule has 3 rings (SSSR count). The lowest BCUT2D eigenvalue weighted by molar-refractivity contribution is 0.370. The molecule has 3 unspecified atom stereocenters. The molecule has 0 aromatic heterocycles. The number of epoxide rings is 1. The predicted molar refractivity (Wildman–Crippen MR) is 76.3 cm³/mol. The van der Waals surface area contributed by atoms with Crippen molar-refractivity contribution in [3.05, 3.63) is 55.1 Å². The van der Waals surface area contributed by atoms with Crippen LogP contribution in [0.2, 0.25) is 0 Å². The molecule has 0 bridgehead atoms. The van der Waals surface area contributed by atoms with Crippen molar-refractivity contribution in [1.82, 2.24) is 0 Å². The molecule has 18 heavy (non-hydrogen) atoms. The van der Waals surface area contributed by atoms with Crippen LogP contribution in [0.4, 0.5) is 0 Å². The van der Waals surface area contributed by atoms with Crippen LogP contribution < -0.4 is 0 Å². The molecule has 0 spiro atoms. The Morgan fingerprint density at radius 3 is 2.28 bits per heavy atom. The number of hydrogen-bond acceptors (Lipinski definition) is 1. The first-order valence-electron chi connectivity index (χ1n) is 6.29. The summed E-state index contributed by atoms with van der Waals surface area (Å²) in [5, 5.41) is 0. The summed E-state index contributed by atoms with van der Waals surface area (Å²) in [6.45, 7) is 7.41. The minimum Gasteiger partial charge on any atom is -0.412 e. The van der Waals surface area contributed by atoms with Gasteiger partial charge in [-0.3, -0.25) is 0 Å². The highest BCUT2D eigenvalue weighted by atomic mass is 16.6. The Labute approximate surface area is 109 Å². The molecule has 0 radical (unpaired) electrons. The molecule has 1 aliphatic carbocycles. The van der Waals surface area contributed by atoms with Gasteiger partial charge in [-0.15, -0.1) is 6.58 Å². The van der Waals surface area contributed by atoms with Gasteiger partial charge >= 0.3 is 0 Å². The molecule has 1 heterocycles. The van der Waals surface area contributed by atoms with Gasteiger partial charge in [0.25, 0.3) is 0 Å². The first-order valence-corrected chi connectivity index (χ1v) is 6.29. The van der Waals surface area contributed by atoms with Gasteiger partial charge < -0.3 is 10.2 Å². The van der Waals surface area contributed by atoms with Crippen molar-refractivity contribution in [2.24, 2.45) is 5.92 Å². The largest absolute Gasteiger partial charge is 0.412 e. The zero-order valence-electron chi connectivity index (χ0n) is 10.7. The Morgan fingerprint density at radius 2 is 1.78 bits per heavy atom. The lowest BCUT2D eigenvalue weighted by atomic mass is 9.90. The first kappa shape index (κ1) is 14.7. The average Bonchev–Trinajstić information content (AvgIpc) is 3.18. The van der Waals surface area contributed by atoms with Crippen LogP contribution in [0.5, 0.6) is 0 Å². The Hall–Kier alpha value is -1.38. The van der Waals surface area contributed by atoms with Crippen LogP contribution in [0, 0.1) is 5.92 Å². The molecule has 3 atom stereocenters. The van der Waals surface area contributed by atoms with E-state index in [2.05, 4.69) is 19.2 Å². The van der Waals surface area contributed by atoms with Gasteiger partial charge in [0.15, 0.2) is 0 Å². The maximum atomic E-state index is 5.36. The quantitative estimate of drug-likeness (QED) is 0.583. The van der Waals surface area contributed by atoms with Crippen molar-refractivity contribution in [3.8, 4) is 0 Å². The third-order valence-electron chi connectivity index (χ3n) is 3.41. The molecule has 2 nitrogen and oxygen atoms in total. The van der Waals surface area contributed by atoms with Crippen molar-refractivity contribution in [2.45, 2.75) is 31.5 Å². The highest BCUT2D eigenvalue weighted by molar-refractivity contribution is 5.45. The van der Waals surface area contributed by atoms with Gasteiger partial charge in [0.2, 0.25) is 0 Å². The zero-order valence-corrected chi connectivity index (χ0v) is 10.7. The standard InChI is InChI=1S/C8H12O.C8H8.H2O/c1-2-6-3-4-7-8(5-6)9-7;1-2-8-6-4-3-5-7-8;/h2,6-8H,1,3-5H2;2-7H,1H2;1H2. The van der Waals surface area contributed by atoms with Gasteiger partial charge in [-0.25, -0.2) is 0 Å². The van der Waals surface area contributed by atoms with Crippen LogP contribution in [0.1, 0.15) is 24.8 Å². The van der Waals surface area contributed by atoms with E-state index in [4.69, 9.17) is 4.74 Å². The van der Waals surface area contributed by atoms with Crippen LogP contribution in [0.3, 0.4) is 0 Å². The summed E-state index contributed by atoms with van der Waals surface area (Å²) in [6.07, 6.45) is 8.95. The Kier molecular flexibility index (Phi) is 5.83. The van der Waals surface area contributed by atoms with Gasteiger partial charge in [-0.2, -0.15) is 0 Å². The van der Waals surface area contributed by atoms with E-state index >= 15 is 0 Å². The molecule has 1 saturated carbocycles. The summed E-state index contributed by atoms with van der Waals surface area (Å²) >= 11 is 0. The van der Waals surface area contributed by atoms with Crippen LogP contribution in [0.15, 0.2) is 49.6 Å². The van der Waals surface area contributed by atoms with E-state index in [9.17, 15) is 0 Å². The van der Waals surface area contributed by atoms with E-state index in [-0.39, 0.29) is 5.48 Å². The van der Waals surface area contributed by atoms with E-state index in [1.54, 1.807) is 0 Å². The van der Waals surface area contributed by atoms with E-state index in [0.29, 0.717) is 12.2 Å². The van der Waals surface area contributed by atoms with Crippen molar-refractivity contribution < 1.29 is 10.2 Å². The van der Waals surface area contributed by atoms with E-state index in [1.165, 1.54) is 24.8 Å². The van der Waals surface area contributed by atoms with Gasteiger partial charge in [0, 0.05) is 0 Å². The number of hydrogen-bond donors (Lipinski definition) is 0. The summed E-state index contributed by atoms with van der Waals surface area (Å²) in [4.78, 5) is 0. The molecule has 1 aliphatic heterocycles. The van der Waals surface area contributed by atoms with E-state index in [0.717, 1.165) is 5.92 Å². The van der Waals surface area contributed by atoms with Gasteiger partial charge in [-0.05, 0) is 30.7 Å². The second kappa shape index (κ2) is 7.14. The topological polar surface area (TPSA) is 44.0 Å². The number of allylic oxidation sites excluding steroid dienone is 1. The molecule has 2 N–H and O–H groups in total. The second-order valence-electron chi connectivity index (χ2n) is 4.64. The molecular formula is C16H22O2. The van der Waals surface area contributed by atoms with Gasteiger partial charge in [-0.1, -0.05) is 49.1 Å². The van der Waals surface area contributed by atoms with Crippen LogP contribution in [-0.2, 0) is 4.74 Å². The fraction of sp³-hybridized carbons (Fsp3) is 0.375. The van der Waals surface area contributed by atoms with Crippen molar-refractivity contribution in [2.75, 3.05) is 0 Å². The second-order valence-corrected chi connectivity index (χ2v) is 4.64. The van der Waals surface area contributed by atoms with Crippen LogP contribution >= 0.6 is 0 Å². The molecule has 0 amide bonds. The van der Waals surface area contributed by atoms with Gasteiger partial charge in [0.05, 0.1) is 12.2 Å². The molecule has 2 heteroatoms. The van der Waals surface area contributed by atoms with E-state index < -0.39 is 0 Å². The zero-order chi connectivity index (χ0) is 12.1. The Morgan fingerprint density at radius 1 is 1.06 bits per heavy atom. The van der Waals surface area contributed by atoms with Crippen molar-refractivity contribution in [1.29, 1.82) is 0 Å². The average molecular weight is 246 g/mol. The van der Waals surface area contributed by atoms with Crippen LogP contribution in [0.25, 0.3) is 6.08 Å². The molecule has 2 fully saturated rings. The van der Waals surface area contributed by atoms with Crippen molar-refractivity contribution >= 4 is 6.08 Å². The molecule has 1 saturated heterocycles. The number of benzene rings is 1. The summed E-state index contributed by atoms with van der Waals surface area (Å²) in [5.41, 5.74) is 1.17. The lowest BCUT2D eigenvalue weighted by Crippen LogP contribution is -2.10. The SMILES string of the molecule is C=CC1CCC2OC2C1.C=Cc1ccccc1.O. The fourth-order valence-electron chi connectivity index (χ4n) is 2.24. The summed E-state index contributed by atoms with van der Waals surface area (Å²) < 4.78 is 5.36. The maximum absolute atomic E-state index is 5.36. The minimum absolute atomic E-state index is 0.